The standard InChI is InChI=1S/C13H13N3O3/c1-2-10-3-5-11(6-4-10)12(17)7-15-8-13(14-9-15)16(18)19/h3-6,8-9H,2,7H2,1H3. The van der Waals surface area contributed by atoms with Gasteiger partial charge in [0, 0.05) is 5.56 Å². The Labute approximate surface area is 109 Å². The van der Waals surface area contributed by atoms with Crippen LogP contribution >= 0.6 is 0 Å². The van der Waals surface area contributed by atoms with E-state index in [1.165, 1.54) is 17.1 Å². The summed E-state index contributed by atoms with van der Waals surface area (Å²) in [5.74, 6) is -0.357. The van der Waals surface area contributed by atoms with Gasteiger partial charge in [-0.05, 0) is 21.9 Å². The highest BCUT2D eigenvalue weighted by Crippen LogP contribution is 2.09. The average Bonchev–Trinajstić information content (AvgIpc) is 2.87. The fraction of sp³-hybridized carbons (Fsp3) is 0.231. The quantitative estimate of drug-likeness (QED) is 0.468. The minimum absolute atomic E-state index is 0.0479. The van der Waals surface area contributed by atoms with Crippen LogP contribution in [0.1, 0.15) is 22.8 Å². The summed E-state index contributed by atoms with van der Waals surface area (Å²) in [5, 5.41) is 10.5. The molecule has 1 aromatic carbocycles. The maximum atomic E-state index is 12.0. The van der Waals surface area contributed by atoms with Gasteiger partial charge >= 0.3 is 5.82 Å². The van der Waals surface area contributed by atoms with E-state index in [2.05, 4.69) is 4.98 Å². The van der Waals surface area contributed by atoms with Gasteiger partial charge in [0.15, 0.2) is 5.78 Å². The number of nitrogens with zero attached hydrogens (tertiary/aromatic N) is 3. The fourth-order valence-corrected chi connectivity index (χ4v) is 1.71. The van der Waals surface area contributed by atoms with Crippen molar-refractivity contribution in [2.45, 2.75) is 19.9 Å². The van der Waals surface area contributed by atoms with Crippen LogP contribution in [-0.2, 0) is 13.0 Å². The summed E-state index contributed by atoms with van der Waals surface area (Å²) >= 11 is 0. The van der Waals surface area contributed by atoms with Gasteiger partial charge in [-0.1, -0.05) is 31.2 Å². The number of rotatable bonds is 5. The van der Waals surface area contributed by atoms with Crippen LogP contribution in [0, 0.1) is 10.1 Å². The summed E-state index contributed by atoms with van der Waals surface area (Å²) < 4.78 is 1.41. The molecule has 6 heteroatoms. The summed E-state index contributed by atoms with van der Waals surface area (Å²) in [5.41, 5.74) is 1.75. The molecule has 0 saturated carbocycles. The Bertz CT molecular complexity index is 602. The third-order valence-electron chi connectivity index (χ3n) is 2.82. The van der Waals surface area contributed by atoms with Crippen LogP contribution in [0.3, 0.4) is 0 Å². The van der Waals surface area contributed by atoms with E-state index in [9.17, 15) is 14.9 Å². The molecule has 0 fully saturated rings. The molecule has 0 aliphatic heterocycles. The van der Waals surface area contributed by atoms with E-state index in [1.54, 1.807) is 12.1 Å². The Balaban J connectivity index is 2.08. The lowest BCUT2D eigenvalue weighted by molar-refractivity contribution is -0.389. The highest BCUT2D eigenvalue weighted by molar-refractivity contribution is 5.95. The molecule has 1 aromatic heterocycles. The zero-order chi connectivity index (χ0) is 13.8. The second-order valence-electron chi connectivity index (χ2n) is 4.13. The van der Waals surface area contributed by atoms with Crippen molar-refractivity contribution >= 4 is 11.6 Å². The van der Waals surface area contributed by atoms with Crippen LogP contribution in [0.4, 0.5) is 5.82 Å². The van der Waals surface area contributed by atoms with Crippen LogP contribution in [-0.4, -0.2) is 20.3 Å². The molecule has 0 aliphatic carbocycles. The lowest BCUT2D eigenvalue weighted by Gasteiger charge is -2.02. The minimum atomic E-state index is -0.586. The van der Waals surface area contributed by atoms with Crippen molar-refractivity contribution in [1.29, 1.82) is 0 Å². The maximum absolute atomic E-state index is 12.0. The number of carbonyl (C=O) groups is 1. The van der Waals surface area contributed by atoms with E-state index in [-0.39, 0.29) is 18.1 Å². The number of Topliss-reactive ketones (excluding diaryl/α,β-unsaturated/α-hetero) is 1. The van der Waals surface area contributed by atoms with Gasteiger partial charge in [-0.15, -0.1) is 0 Å². The highest BCUT2D eigenvalue weighted by atomic mass is 16.6. The van der Waals surface area contributed by atoms with Crippen LogP contribution in [0.25, 0.3) is 0 Å². The first-order valence-electron chi connectivity index (χ1n) is 5.88. The normalized spacial score (nSPS) is 10.4. The number of hydrogen-bond donors (Lipinski definition) is 0. The minimum Gasteiger partial charge on any atom is -0.358 e. The van der Waals surface area contributed by atoms with Gasteiger partial charge in [-0.25, -0.2) is 0 Å². The summed E-state index contributed by atoms with van der Waals surface area (Å²) in [4.78, 5) is 25.5. The topological polar surface area (TPSA) is 78.0 Å². The van der Waals surface area contributed by atoms with Crippen molar-refractivity contribution in [1.82, 2.24) is 9.55 Å². The number of benzene rings is 1. The van der Waals surface area contributed by atoms with Crippen molar-refractivity contribution in [2.75, 3.05) is 0 Å². The third-order valence-corrected chi connectivity index (χ3v) is 2.82. The van der Waals surface area contributed by atoms with Gasteiger partial charge in [-0.3, -0.25) is 4.79 Å². The summed E-state index contributed by atoms with van der Waals surface area (Å²) in [6.45, 7) is 2.09. The molecule has 0 atom stereocenters. The smallest absolute Gasteiger partial charge is 0.358 e. The zero-order valence-electron chi connectivity index (χ0n) is 10.4. The van der Waals surface area contributed by atoms with Gasteiger partial charge in [0.2, 0.25) is 6.33 Å². The van der Waals surface area contributed by atoms with Gasteiger partial charge in [-0.2, -0.15) is 0 Å². The van der Waals surface area contributed by atoms with E-state index in [4.69, 9.17) is 0 Å². The second kappa shape index (κ2) is 5.43. The summed E-state index contributed by atoms with van der Waals surface area (Å²) in [6, 6.07) is 7.35. The Morgan fingerprint density at radius 2 is 2.05 bits per heavy atom. The van der Waals surface area contributed by atoms with Crippen LogP contribution in [0.15, 0.2) is 36.8 Å². The molecule has 2 rings (SSSR count). The van der Waals surface area contributed by atoms with Gasteiger partial charge in [0.25, 0.3) is 0 Å². The summed E-state index contributed by atoms with van der Waals surface area (Å²) in [7, 11) is 0. The molecular formula is C13H13N3O3. The molecular weight excluding hydrogens is 246 g/mol. The van der Waals surface area contributed by atoms with E-state index < -0.39 is 4.92 Å². The molecule has 0 amide bonds. The predicted molar refractivity (Wildman–Crippen MR) is 69.0 cm³/mol. The highest BCUT2D eigenvalue weighted by Gasteiger charge is 2.13. The first-order chi connectivity index (χ1) is 9.10. The monoisotopic (exact) mass is 259 g/mol. The number of aryl methyl sites for hydroxylation is 1. The Morgan fingerprint density at radius 3 is 2.58 bits per heavy atom. The van der Waals surface area contributed by atoms with Crippen molar-refractivity contribution in [3.05, 3.63) is 58.0 Å². The first kappa shape index (κ1) is 12.9. The molecule has 19 heavy (non-hydrogen) atoms. The van der Waals surface area contributed by atoms with E-state index >= 15 is 0 Å². The van der Waals surface area contributed by atoms with Crippen molar-refractivity contribution in [3.8, 4) is 0 Å². The fourth-order valence-electron chi connectivity index (χ4n) is 1.71. The number of nitro groups is 1. The van der Waals surface area contributed by atoms with Gasteiger partial charge in [0.05, 0.1) is 6.54 Å². The Hall–Kier alpha value is -2.50. The first-order valence-corrected chi connectivity index (χ1v) is 5.88. The molecule has 6 nitrogen and oxygen atoms in total. The van der Waals surface area contributed by atoms with Crippen molar-refractivity contribution in [2.24, 2.45) is 0 Å². The van der Waals surface area contributed by atoms with Crippen LogP contribution < -0.4 is 0 Å². The lowest BCUT2D eigenvalue weighted by atomic mass is 10.1. The van der Waals surface area contributed by atoms with E-state index in [0.29, 0.717) is 5.56 Å². The molecule has 0 saturated heterocycles. The van der Waals surface area contributed by atoms with Crippen LogP contribution in [0.2, 0.25) is 0 Å². The molecule has 0 bridgehead atoms. The number of carbonyl (C=O) groups excluding carboxylic acids is 1. The van der Waals surface area contributed by atoms with Crippen molar-refractivity contribution < 1.29 is 9.72 Å². The van der Waals surface area contributed by atoms with Crippen LogP contribution in [0.5, 0.6) is 0 Å². The largest absolute Gasteiger partial charge is 0.381 e. The number of aromatic nitrogens is 2. The van der Waals surface area contributed by atoms with Gasteiger partial charge in [0.1, 0.15) is 6.20 Å². The molecule has 0 radical (unpaired) electrons. The maximum Gasteiger partial charge on any atom is 0.381 e. The van der Waals surface area contributed by atoms with Crippen molar-refractivity contribution in [3.63, 3.8) is 0 Å². The molecule has 0 unspecified atom stereocenters. The number of hydrogen-bond acceptors (Lipinski definition) is 4. The van der Waals surface area contributed by atoms with E-state index in [1.807, 2.05) is 19.1 Å². The molecule has 1 heterocycles. The molecule has 98 valence electrons. The molecule has 0 aliphatic rings. The number of imidazole rings is 1. The third kappa shape index (κ3) is 3.04. The zero-order valence-corrected chi connectivity index (χ0v) is 10.4. The lowest BCUT2D eigenvalue weighted by Crippen LogP contribution is -2.08. The second-order valence-corrected chi connectivity index (χ2v) is 4.13. The molecule has 0 N–H and O–H groups in total. The van der Waals surface area contributed by atoms with E-state index in [0.717, 1.165) is 12.0 Å². The SMILES string of the molecule is CCc1ccc(C(=O)Cn2cnc([N+](=O)[O-])c2)cc1. The molecule has 2 aromatic rings. The average molecular weight is 259 g/mol. The molecule has 0 spiro atoms. The Kier molecular flexibility index (Phi) is 3.70. The summed E-state index contributed by atoms with van der Waals surface area (Å²) in [6.07, 6.45) is 3.46. The Morgan fingerprint density at radius 1 is 1.37 bits per heavy atom. The van der Waals surface area contributed by atoms with Gasteiger partial charge < -0.3 is 14.7 Å². The number of ketones is 1. The predicted octanol–water partition coefficient (Wildman–Crippen LogP) is 2.24.